The fourth-order valence-corrected chi connectivity index (χ4v) is 3.49. The molecule has 3 heteroatoms. The highest BCUT2D eigenvalue weighted by molar-refractivity contribution is 5.74. The second-order valence-electron chi connectivity index (χ2n) is 6.48. The smallest absolute Gasteiger partial charge is 0.125 e. The van der Waals surface area contributed by atoms with Crippen molar-refractivity contribution < 1.29 is 0 Å². The Hall–Kier alpha value is -2.55. The number of anilines is 1. The first kappa shape index (κ1) is 16.3. The molecule has 0 radical (unpaired) electrons. The van der Waals surface area contributed by atoms with Gasteiger partial charge in [0.15, 0.2) is 0 Å². The lowest BCUT2D eigenvalue weighted by Crippen LogP contribution is -2.06. The van der Waals surface area contributed by atoms with Crippen LogP contribution in [0.5, 0.6) is 0 Å². The molecule has 0 aliphatic carbocycles. The second kappa shape index (κ2) is 6.52. The average molecular weight is 319 g/mol. The zero-order valence-electron chi connectivity index (χ0n) is 14.9. The quantitative estimate of drug-likeness (QED) is 0.759. The molecule has 3 rings (SSSR count). The molecule has 0 saturated heterocycles. The molecule has 0 aliphatic rings. The zero-order valence-corrected chi connectivity index (χ0v) is 14.9. The summed E-state index contributed by atoms with van der Waals surface area (Å²) in [6.07, 6.45) is 0.878. The Labute approximate surface area is 144 Å². The Morgan fingerprint density at radius 2 is 1.62 bits per heavy atom. The summed E-state index contributed by atoms with van der Waals surface area (Å²) in [5.41, 5.74) is 14.8. The number of nitrogen functional groups attached to an aromatic ring is 1. The van der Waals surface area contributed by atoms with E-state index in [1.54, 1.807) is 0 Å². The summed E-state index contributed by atoms with van der Waals surface area (Å²) in [4.78, 5) is 0. The first-order valence-electron chi connectivity index (χ1n) is 8.48. The number of aryl methyl sites for hydroxylation is 3. The molecule has 0 atom stereocenters. The second-order valence-corrected chi connectivity index (χ2v) is 6.48. The molecule has 2 aromatic carbocycles. The molecule has 0 fully saturated rings. The van der Waals surface area contributed by atoms with Gasteiger partial charge in [-0.2, -0.15) is 5.10 Å². The number of nitrogens with zero attached hydrogens (tertiary/aromatic N) is 2. The summed E-state index contributed by atoms with van der Waals surface area (Å²) in [5.74, 6) is 0.774. The van der Waals surface area contributed by atoms with Crippen molar-refractivity contribution in [3.05, 3.63) is 70.3 Å². The first-order valence-corrected chi connectivity index (χ1v) is 8.48. The lowest BCUT2D eigenvalue weighted by atomic mass is 9.95. The van der Waals surface area contributed by atoms with E-state index in [1.165, 1.54) is 27.8 Å². The minimum Gasteiger partial charge on any atom is -0.384 e. The molecule has 1 heterocycles. The summed E-state index contributed by atoms with van der Waals surface area (Å²) in [6.45, 7) is 9.28. The third kappa shape index (κ3) is 2.94. The summed E-state index contributed by atoms with van der Waals surface area (Å²) in [7, 11) is 0. The monoisotopic (exact) mass is 319 g/mol. The number of benzene rings is 2. The van der Waals surface area contributed by atoms with Crippen LogP contribution in [0.25, 0.3) is 11.3 Å². The Kier molecular flexibility index (Phi) is 4.43. The van der Waals surface area contributed by atoms with Crippen molar-refractivity contribution in [2.24, 2.45) is 0 Å². The molecule has 1 aromatic heterocycles. The molecule has 0 amide bonds. The lowest BCUT2D eigenvalue weighted by Gasteiger charge is -2.10. The zero-order chi connectivity index (χ0) is 17.3. The number of nitrogens with two attached hydrogens (primary N) is 1. The molecule has 3 aromatic rings. The summed E-state index contributed by atoms with van der Waals surface area (Å²) in [5, 5.41) is 4.89. The van der Waals surface area contributed by atoms with Crippen LogP contribution in [0, 0.1) is 20.8 Å². The summed E-state index contributed by atoms with van der Waals surface area (Å²) < 4.78 is 1.93. The van der Waals surface area contributed by atoms with Gasteiger partial charge in [0.1, 0.15) is 5.82 Å². The summed E-state index contributed by atoms with van der Waals surface area (Å²) >= 11 is 0. The van der Waals surface area contributed by atoms with E-state index in [2.05, 4.69) is 52.0 Å². The fourth-order valence-electron chi connectivity index (χ4n) is 3.49. The topological polar surface area (TPSA) is 43.8 Å². The van der Waals surface area contributed by atoms with Crippen LogP contribution in [0.15, 0.2) is 42.5 Å². The van der Waals surface area contributed by atoms with Crippen LogP contribution >= 0.6 is 0 Å². The number of hydrogen-bond donors (Lipinski definition) is 1. The van der Waals surface area contributed by atoms with Crippen LogP contribution in [0.2, 0.25) is 0 Å². The van der Waals surface area contributed by atoms with E-state index in [9.17, 15) is 0 Å². The maximum absolute atomic E-state index is 6.43. The Bertz CT molecular complexity index is 837. The molecule has 0 aliphatic heterocycles. The predicted molar refractivity (Wildman–Crippen MR) is 101 cm³/mol. The fraction of sp³-hybridized carbons (Fsp3) is 0.286. The van der Waals surface area contributed by atoms with Crippen molar-refractivity contribution in [1.29, 1.82) is 0 Å². The maximum Gasteiger partial charge on any atom is 0.125 e. The van der Waals surface area contributed by atoms with Crippen LogP contribution in [0.4, 0.5) is 5.82 Å². The van der Waals surface area contributed by atoms with E-state index in [0.717, 1.165) is 23.5 Å². The van der Waals surface area contributed by atoms with Gasteiger partial charge in [-0.3, -0.25) is 0 Å². The van der Waals surface area contributed by atoms with E-state index in [-0.39, 0.29) is 0 Å². The van der Waals surface area contributed by atoms with Gasteiger partial charge in [-0.05, 0) is 43.9 Å². The maximum atomic E-state index is 6.43. The first-order chi connectivity index (χ1) is 11.5. The Morgan fingerprint density at radius 1 is 1.00 bits per heavy atom. The van der Waals surface area contributed by atoms with Gasteiger partial charge in [0.05, 0.1) is 12.2 Å². The normalized spacial score (nSPS) is 11.0. The van der Waals surface area contributed by atoms with Gasteiger partial charge < -0.3 is 5.73 Å². The highest BCUT2D eigenvalue weighted by atomic mass is 15.3. The molecule has 3 nitrogen and oxygen atoms in total. The highest BCUT2D eigenvalue weighted by Gasteiger charge is 2.19. The van der Waals surface area contributed by atoms with Crippen LogP contribution in [-0.2, 0) is 13.0 Å². The van der Waals surface area contributed by atoms with E-state index in [4.69, 9.17) is 10.8 Å². The average Bonchev–Trinajstić information content (AvgIpc) is 2.83. The van der Waals surface area contributed by atoms with Gasteiger partial charge in [-0.15, -0.1) is 0 Å². The number of aromatic nitrogens is 2. The van der Waals surface area contributed by atoms with Gasteiger partial charge in [0, 0.05) is 11.1 Å². The minimum atomic E-state index is 0.698. The number of hydrogen-bond acceptors (Lipinski definition) is 2. The van der Waals surface area contributed by atoms with Crippen LogP contribution in [0.1, 0.15) is 34.7 Å². The largest absolute Gasteiger partial charge is 0.384 e. The molecule has 0 unspecified atom stereocenters. The molecule has 0 saturated carbocycles. The predicted octanol–water partition coefficient (Wildman–Crippen LogP) is 4.67. The molecule has 0 bridgehead atoms. The molecule has 24 heavy (non-hydrogen) atoms. The Balaban J connectivity index is 2.11. The molecular formula is C21H25N3. The van der Waals surface area contributed by atoms with Crippen LogP contribution < -0.4 is 5.73 Å². The third-order valence-corrected chi connectivity index (χ3v) is 4.54. The van der Waals surface area contributed by atoms with Crippen molar-refractivity contribution in [2.75, 3.05) is 5.73 Å². The van der Waals surface area contributed by atoms with E-state index < -0.39 is 0 Å². The molecule has 2 N–H and O–H groups in total. The molecule has 124 valence electrons. The highest BCUT2D eigenvalue weighted by Crippen LogP contribution is 2.33. The van der Waals surface area contributed by atoms with Gasteiger partial charge >= 0.3 is 0 Å². The van der Waals surface area contributed by atoms with Gasteiger partial charge in [-0.1, -0.05) is 55.0 Å². The van der Waals surface area contributed by atoms with E-state index in [1.807, 2.05) is 22.9 Å². The number of rotatable bonds is 4. The van der Waals surface area contributed by atoms with Crippen molar-refractivity contribution in [2.45, 2.75) is 40.7 Å². The van der Waals surface area contributed by atoms with Crippen molar-refractivity contribution in [1.82, 2.24) is 9.78 Å². The van der Waals surface area contributed by atoms with E-state index in [0.29, 0.717) is 6.54 Å². The van der Waals surface area contributed by atoms with Gasteiger partial charge in [-0.25, -0.2) is 4.68 Å². The molecule has 0 spiro atoms. The summed E-state index contributed by atoms with van der Waals surface area (Å²) in [6, 6.07) is 14.8. The minimum absolute atomic E-state index is 0.698. The third-order valence-electron chi connectivity index (χ3n) is 4.54. The standard InChI is InChI=1S/C21H25N3/c1-5-18-20(19-15(3)11-14(2)12-16(19)4)23-24(21(18)22)13-17-9-7-6-8-10-17/h6-12H,5,13,22H2,1-4H3. The SMILES string of the molecule is CCc1c(-c2c(C)cc(C)cc2C)nn(Cc2ccccc2)c1N. The van der Waals surface area contributed by atoms with Gasteiger partial charge in [0.25, 0.3) is 0 Å². The van der Waals surface area contributed by atoms with Crippen molar-refractivity contribution >= 4 is 5.82 Å². The van der Waals surface area contributed by atoms with Gasteiger partial charge in [0.2, 0.25) is 0 Å². The van der Waals surface area contributed by atoms with Crippen LogP contribution in [-0.4, -0.2) is 9.78 Å². The Morgan fingerprint density at radius 3 is 2.21 bits per heavy atom. The molecular weight excluding hydrogens is 294 g/mol. The lowest BCUT2D eigenvalue weighted by molar-refractivity contribution is 0.699. The van der Waals surface area contributed by atoms with Crippen LogP contribution in [0.3, 0.4) is 0 Å². The van der Waals surface area contributed by atoms with Crippen molar-refractivity contribution in [3.63, 3.8) is 0 Å². The van der Waals surface area contributed by atoms with Crippen molar-refractivity contribution in [3.8, 4) is 11.3 Å². The van der Waals surface area contributed by atoms with E-state index >= 15 is 0 Å².